The number of fused-ring (bicyclic) bond motifs is 4. The summed E-state index contributed by atoms with van der Waals surface area (Å²) >= 11 is 0. The number of methoxy groups -OCH3 is 1. The Balaban J connectivity index is 1.51. The van der Waals surface area contributed by atoms with Crippen LogP contribution in [0.1, 0.15) is 22.9 Å². The van der Waals surface area contributed by atoms with Crippen LogP contribution in [0.4, 0.5) is 22.9 Å². The highest BCUT2D eigenvalue weighted by molar-refractivity contribution is 6.51. The highest BCUT2D eigenvalue weighted by atomic mass is 16.5. The summed E-state index contributed by atoms with van der Waals surface area (Å²) < 4.78 is 7.57. The summed E-state index contributed by atoms with van der Waals surface area (Å²) in [6, 6.07) is 36.4. The third-order valence-electron chi connectivity index (χ3n) is 7.09. The predicted octanol–water partition coefficient (Wildman–Crippen LogP) is 6.98. The topological polar surface area (TPSA) is 67.0 Å². The maximum Gasteiger partial charge on any atom is 0.179 e. The number of nitrogens with one attached hydrogen (secondary N) is 1. The second kappa shape index (κ2) is 9.29. The third-order valence-corrected chi connectivity index (χ3v) is 7.09. The van der Waals surface area contributed by atoms with Gasteiger partial charge in [0.1, 0.15) is 5.75 Å². The van der Waals surface area contributed by atoms with Crippen LogP contribution in [-0.4, -0.2) is 28.6 Å². The van der Waals surface area contributed by atoms with Gasteiger partial charge < -0.3 is 15.0 Å². The van der Waals surface area contributed by atoms with Gasteiger partial charge in [-0.05, 0) is 61.0 Å². The van der Waals surface area contributed by atoms with E-state index in [-0.39, 0.29) is 6.04 Å². The van der Waals surface area contributed by atoms with Gasteiger partial charge in [-0.3, -0.25) is 0 Å². The van der Waals surface area contributed by atoms with Crippen LogP contribution >= 0.6 is 0 Å². The highest BCUT2D eigenvalue weighted by Crippen LogP contribution is 2.48. The number of aromatic nitrogens is 2. The van der Waals surface area contributed by atoms with Crippen molar-refractivity contribution in [2.75, 3.05) is 17.3 Å². The molecule has 1 N–H and O–H groups in total. The largest absolute Gasteiger partial charge is 0.497 e. The van der Waals surface area contributed by atoms with E-state index >= 15 is 0 Å². The predicted molar refractivity (Wildman–Crippen MR) is 156 cm³/mol. The summed E-state index contributed by atoms with van der Waals surface area (Å²) in [7, 11) is 1.70. The van der Waals surface area contributed by atoms with Crippen molar-refractivity contribution in [2.45, 2.75) is 13.0 Å². The van der Waals surface area contributed by atoms with Gasteiger partial charge in [0, 0.05) is 11.3 Å². The number of hydrogen-bond donors (Lipinski definition) is 1. The number of benzene rings is 4. The minimum Gasteiger partial charge on any atom is -0.497 e. The summed E-state index contributed by atoms with van der Waals surface area (Å²) in [5.41, 5.74) is 6.80. The maximum atomic E-state index is 5.64. The molecule has 7 heteroatoms. The molecule has 4 aromatic carbocycles. The lowest BCUT2D eigenvalue weighted by Gasteiger charge is -2.40. The highest BCUT2D eigenvalue weighted by Gasteiger charge is 2.41. The maximum absolute atomic E-state index is 5.64. The molecule has 0 spiro atoms. The van der Waals surface area contributed by atoms with E-state index in [0.29, 0.717) is 5.84 Å². The Morgan fingerprint density at radius 3 is 2.33 bits per heavy atom. The normalized spacial score (nSPS) is 15.4. The van der Waals surface area contributed by atoms with Crippen LogP contribution in [0.25, 0.3) is 5.69 Å². The summed E-state index contributed by atoms with van der Waals surface area (Å²) in [5.74, 6) is 3.00. The van der Waals surface area contributed by atoms with Gasteiger partial charge in [-0.25, -0.2) is 14.7 Å². The van der Waals surface area contributed by atoms with Gasteiger partial charge in [-0.2, -0.15) is 5.10 Å². The quantitative estimate of drug-likeness (QED) is 0.283. The average Bonchev–Trinajstić information content (AvgIpc) is 3.33. The van der Waals surface area contributed by atoms with E-state index in [1.807, 2.05) is 95.7 Å². The Morgan fingerprint density at radius 2 is 1.54 bits per heavy atom. The number of hydrogen-bond acceptors (Lipinski definition) is 6. The molecule has 0 unspecified atom stereocenters. The molecule has 7 rings (SSSR count). The molecule has 2 aliphatic rings. The second-order valence-corrected chi connectivity index (χ2v) is 9.49. The minimum absolute atomic E-state index is 0.204. The number of ether oxygens (including phenoxy) is 1. The Kier molecular flexibility index (Phi) is 5.48. The van der Waals surface area contributed by atoms with E-state index in [4.69, 9.17) is 19.8 Å². The average molecular weight is 511 g/mol. The third kappa shape index (κ3) is 3.87. The molecule has 1 atom stereocenters. The zero-order valence-corrected chi connectivity index (χ0v) is 21.6. The molecular weight excluding hydrogens is 484 g/mol. The number of aryl methyl sites for hydroxylation is 1. The molecule has 0 saturated heterocycles. The van der Waals surface area contributed by atoms with E-state index in [9.17, 15) is 0 Å². The van der Waals surface area contributed by atoms with Gasteiger partial charge in [0.2, 0.25) is 0 Å². The van der Waals surface area contributed by atoms with Crippen molar-refractivity contribution < 1.29 is 4.74 Å². The molecule has 2 aliphatic heterocycles. The SMILES string of the molecule is COc1cccc([C@H]2c3c(C)nn(-c4ccccc4)c3N=C3C(Nc4ccccc4)=Nc4ccccc4N32)c1. The van der Waals surface area contributed by atoms with Crippen molar-refractivity contribution >= 4 is 34.6 Å². The lowest BCUT2D eigenvalue weighted by Crippen LogP contribution is -2.46. The molecule has 7 nitrogen and oxygen atoms in total. The standard InChI is InChI=1S/C32H26N6O/c1-21-28-29(22-12-11-17-25(20-22)39-2)37-27-19-10-9-18-26(27)34-30(33-23-13-5-3-6-14-23)32(37)35-31(28)38(36-21)24-15-7-4-8-16-24/h3-20,29H,1-2H3,(H,33,34)/t29-/m0/s1. The molecule has 0 fully saturated rings. The van der Waals surface area contributed by atoms with Crippen LogP contribution in [0.5, 0.6) is 5.75 Å². The molecular formula is C32H26N6O. The van der Waals surface area contributed by atoms with E-state index in [1.54, 1.807) is 7.11 Å². The van der Waals surface area contributed by atoms with Gasteiger partial charge in [0.15, 0.2) is 17.5 Å². The van der Waals surface area contributed by atoms with Gasteiger partial charge in [0.25, 0.3) is 0 Å². The number of anilines is 2. The molecule has 39 heavy (non-hydrogen) atoms. The fourth-order valence-electron chi connectivity index (χ4n) is 5.33. The first kappa shape index (κ1) is 23.0. The van der Waals surface area contributed by atoms with Crippen LogP contribution in [0.15, 0.2) is 119 Å². The molecule has 190 valence electrons. The van der Waals surface area contributed by atoms with Gasteiger partial charge in [0.05, 0.1) is 35.9 Å². The van der Waals surface area contributed by atoms with Gasteiger partial charge in [-0.15, -0.1) is 0 Å². The van der Waals surface area contributed by atoms with Gasteiger partial charge in [-0.1, -0.05) is 60.7 Å². The summed E-state index contributed by atoms with van der Waals surface area (Å²) in [6.45, 7) is 2.05. The monoisotopic (exact) mass is 510 g/mol. The van der Waals surface area contributed by atoms with Gasteiger partial charge >= 0.3 is 0 Å². The smallest absolute Gasteiger partial charge is 0.179 e. The molecule has 0 aliphatic carbocycles. The zero-order chi connectivity index (χ0) is 26.3. The number of rotatable bonds is 4. The molecule has 0 amide bonds. The first-order valence-corrected chi connectivity index (χ1v) is 12.9. The van der Waals surface area contributed by atoms with Crippen molar-refractivity contribution in [3.63, 3.8) is 0 Å². The Morgan fingerprint density at radius 1 is 0.795 bits per heavy atom. The van der Waals surface area contributed by atoms with Crippen LogP contribution in [0.3, 0.4) is 0 Å². The van der Waals surface area contributed by atoms with Crippen molar-refractivity contribution in [3.05, 3.63) is 126 Å². The summed E-state index contributed by atoms with van der Waals surface area (Å²) in [5, 5.41) is 8.53. The number of aliphatic imine (C=N–C) groups is 2. The molecule has 3 heterocycles. The Labute approximate surface area is 226 Å². The Bertz CT molecular complexity index is 1740. The summed E-state index contributed by atoms with van der Waals surface area (Å²) in [4.78, 5) is 12.6. The molecule has 0 radical (unpaired) electrons. The number of amidine groups is 2. The fraction of sp³-hybridized carbons (Fsp3) is 0.0938. The van der Waals surface area contributed by atoms with Crippen LogP contribution in [0, 0.1) is 6.92 Å². The molecule has 5 aromatic rings. The first-order valence-electron chi connectivity index (χ1n) is 12.9. The van der Waals surface area contributed by atoms with Crippen molar-refractivity contribution in [3.8, 4) is 11.4 Å². The van der Waals surface area contributed by atoms with Crippen LogP contribution in [0.2, 0.25) is 0 Å². The summed E-state index contributed by atoms with van der Waals surface area (Å²) in [6.07, 6.45) is 0. The van der Waals surface area contributed by atoms with Crippen LogP contribution in [-0.2, 0) is 0 Å². The van der Waals surface area contributed by atoms with E-state index < -0.39 is 0 Å². The fourth-order valence-corrected chi connectivity index (χ4v) is 5.33. The van der Waals surface area contributed by atoms with E-state index in [0.717, 1.165) is 57.0 Å². The zero-order valence-electron chi connectivity index (χ0n) is 21.6. The molecule has 0 bridgehead atoms. The second-order valence-electron chi connectivity index (χ2n) is 9.49. The lowest BCUT2D eigenvalue weighted by molar-refractivity contribution is 0.414. The number of nitrogens with zero attached hydrogens (tertiary/aromatic N) is 5. The first-order chi connectivity index (χ1) is 19.2. The van der Waals surface area contributed by atoms with Crippen LogP contribution < -0.4 is 15.0 Å². The van der Waals surface area contributed by atoms with E-state index in [2.05, 4.69) is 35.3 Å². The number of para-hydroxylation sites is 4. The van der Waals surface area contributed by atoms with Crippen molar-refractivity contribution in [2.24, 2.45) is 9.98 Å². The Hall–Kier alpha value is -5.17. The lowest BCUT2D eigenvalue weighted by atomic mass is 9.93. The van der Waals surface area contributed by atoms with Crippen molar-refractivity contribution in [1.82, 2.24) is 9.78 Å². The molecule has 1 aromatic heterocycles. The van der Waals surface area contributed by atoms with E-state index in [1.165, 1.54) is 0 Å². The minimum atomic E-state index is -0.204. The van der Waals surface area contributed by atoms with Crippen molar-refractivity contribution in [1.29, 1.82) is 0 Å². The molecule has 0 saturated carbocycles.